The summed E-state index contributed by atoms with van der Waals surface area (Å²) in [5, 5.41) is 5.60. The Morgan fingerprint density at radius 1 is 1.08 bits per heavy atom. The molecule has 136 valence electrons. The molecule has 1 heterocycles. The zero-order valence-electron chi connectivity index (χ0n) is 15.0. The summed E-state index contributed by atoms with van der Waals surface area (Å²) in [6, 6.07) is 12.4. The SMILES string of the molecule is COc1cccc(NC(=O)Nc2ccc(C)c(N3CCCCC3=O)c2)c1. The van der Waals surface area contributed by atoms with Crippen LogP contribution in [0.2, 0.25) is 0 Å². The molecule has 1 aliphatic heterocycles. The zero-order chi connectivity index (χ0) is 18.5. The number of anilines is 3. The zero-order valence-corrected chi connectivity index (χ0v) is 15.0. The van der Waals surface area contributed by atoms with E-state index < -0.39 is 0 Å². The van der Waals surface area contributed by atoms with Crippen LogP contribution in [0.1, 0.15) is 24.8 Å². The predicted molar refractivity (Wildman–Crippen MR) is 103 cm³/mol. The highest BCUT2D eigenvalue weighted by atomic mass is 16.5. The third-order valence-corrected chi connectivity index (χ3v) is 4.41. The van der Waals surface area contributed by atoms with E-state index in [1.807, 2.05) is 36.1 Å². The number of methoxy groups -OCH3 is 1. The van der Waals surface area contributed by atoms with E-state index in [4.69, 9.17) is 4.74 Å². The monoisotopic (exact) mass is 353 g/mol. The van der Waals surface area contributed by atoms with Gasteiger partial charge in [-0.15, -0.1) is 0 Å². The molecule has 0 unspecified atom stereocenters. The molecule has 0 bridgehead atoms. The summed E-state index contributed by atoms with van der Waals surface area (Å²) >= 11 is 0. The van der Waals surface area contributed by atoms with Gasteiger partial charge in [0.05, 0.1) is 7.11 Å². The second kappa shape index (κ2) is 7.91. The maximum Gasteiger partial charge on any atom is 0.323 e. The van der Waals surface area contributed by atoms with Crippen molar-refractivity contribution in [3.63, 3.8) is 0 Å². The van der Waals surface area contributed by atoms with Crippen LogP contribution in [0.4, 0.5) is 21.9 Å². The minimum Gasteiger partial charge on any atom is -0.497 e. The maximum atomic E-state index is 12.3. The molecule has 0 aliphatic carbocycles. The van der Waals surface area contributed by atoms with E-state index >= 15 is 0 Å². The summed E-state index contributed by atoms with van der Waals surface area (Å²) in [5.41, 5.74) is 3.15. The molecule has 1 saturated heterocycles. The Bertz CT molecular complexity index is 820. The number of carbonyl (C=O) groups excluding carboxylic acids is 2. The Balaban J connectivity index is 1.72. The summed E-state index contributed by atoms with van der Waals surface area (Å²) in [6.45, 7) is 2.69. The minimum atomic E-state index is -0.349. The first kappa shape index (κ1) is 17.8. The Kier molecular flexibility index (Phi) is 5.41. The number of nitrogens with one attached hydrogen (secondary N) is 2. The van der Waals surface area contributed by atoms with Gasteiger partial charge in [-0.3, -0.25) is 4.79 Å². The van der Waals surface area contributed by atoms with Crippen molar-refractivity contribution < 1.29 is 14.3 Å². The van der Waals surface area contributed by atoms with Gasteiger partial charge in [-0.05, 0) is 49.6 Å². The van der Waals surface area contributed by atoms with Crippen molar-refractivity contribution in [2.45, 2.75) is 26.2 Å². The van der Waals surface area contributed by atoms with Gasteiger partial charge in [-0.2, -0.15) is 0 Å². The highest BCUT2D eigenvalue weighted by Crippen LogP contribution is 2.28. The van der Waals surface area contributed by atoms with Crippen molar-refractivity contribution in [2.75, 3.05) is 29.2 Å². The summed E-state index contributed by atoms with van der Waals surface area (Å²) < 4.78 is 5.15. The average Bonchev–Trinajstić information content (AvgIpc) is 2.64. The largest absolute Gasteiger partial charge is 0.497 e. The van der Waals surface area contributed by atoms with Crippen molar-refractivity contribution in [1.82, 2.24) is 0 Å². The standard InChI is InChI=1S/C20H23N3O3/c1-14-9-10-16(13-18(14)23-11-4-3-8-19(23)24)22-20(25)21-15-6-5-7-17(12-15)26-2/h5-7,9-10,12-13H,3-4,8,11H2,1-2H3,(H2,21,22,25). The van der Waals surface area contributed by atoms with Crippen LogP contribution >= 0.6 is 0 Å². The van der Waals surface area contributed by atoms with Crippen molar-refractivity contribution in [3.8, 4) is 5.75 Å². The normalized spacial score (nSPS) is 14.1. The van der Waals surface area contributed by atoms with Crippen LogP contribution in [0.5, 0.6) is 5.75 Å². The Morgan fingerprint density at radius 2 is 1.85 bits per heavy atom. The van der Waals surface area contributed by atoms with E-state index in [0.717, 1.165) is 30.6 Å². The van der Waals surface area contributed by atoms with Crippen molar-refractivity contribution in [3.05, 3.63) is 48.0 Å². The van der Waals surface area contributed by atoms with Gasteiger partial charge in [0.25, 0.3) is 0 Å². The average molecular weight is 353 g/mol. The number of hydrogen-bond donors (Lipinski definition) is 2. The first-order valence-corrected chi connectivity index (χ1v) is 8.70. The Morgan fingerprint density at radius 3 is 2.58 bits per heavy atom. The van der Waals surface area contributed by atoms with Crippen LogP contribution in [0.25, 0.3) is 0 Å². The molecule has 0 atom stereocenters. The van der Waals surface area contributed by atoms with E-state index in [2.05, 4.69) is 10.6 Å². The topological polar surface area (TPSA) is 70.7 Å². The summed E-state index contributed by atoms with van der Waals surface area (Å²) in [7, 11) is 1.58. The van der Waals surface area contributed by atoms with E-state index in [9.17, 15) is 9.59 Å². The molecule has 1 fully saturated rings. The van der Waals surface area contributed by atoms with Gasteiger partial charge in [0.1, 0.15) is 5.75 Å². The lowest BCUT2D eigenvalue weighted by atomic mass is 10.1. The number of aryl methyl sites for hydroxylation is 1. The second-order valence-electron chi connectivity index (χ2n) is 6.31. The maximum absolute atomic E-state index is 12.3. The van der Waals surface area contributed by atoms with Gasteiger partial charge in [-0.25, -0.2) is 4.79 Å². The number of amides is 3. The first-order chi connectivity index (χ1) is 12.6. The van der Waals surface area contributed by atoms with Gasteiger partial charge in [-0.1, -0.05) is 12.1 Å². The van der Waals surface area contributed by atoms with Gasteiger partial charge in [0, 0.05) is 36.1 Å². The van der Waals surface area contributed by atoms with E-state index in [1.54, 1.807) is 25.3 Å². The van der Waals surface area contributed by atoms with Gasteiger partial charge >= 0.3 is 6.03 Å². The fourth-order valence-corrected chi connectivity index (χ4v) is 3.03. The number of piperidine rings is 1. The van der Waals surface area contributed by atoms with Crippen LogP contribution in [0, 0.1) is 6.92 Å². The number of rotatable bonds is 4. The van der Waals surface area contributed by atoms with E-state index in [-0.39, 0.29) is 11.9 Å². The van der Waals surface area contributed by atoms with Crippen LogP contribution in [0.3, 0.4) is 0 Å². The van der Waals surface area contributed by atoms with Gasteiger partial charge in [0.2, 0.25) is 5.91 Å². The van der Waals surface area contributed by atoms with Crippen LogP contribution in [0.15, 0.2) is 42.5 Å². The number of hydrogen-bond acceptors (Lipinski definition) is 3. The Labute approximate surface area is 153 Å². The molecule has 2 aromatic rings. The number of ether oxygens (including phenoxy) is 1. The van der Waals surface area contributed by atoms with Crippen molar-refractivity contribution in [2.24, 2.45) is 0 Å². The second-order valence-corrected chi connectivity index (χ2v) is 6.31. The molecule has 0 spiro atoms. The lowest BCUT2D eigenvalue weighted by molar-refractivity contribution is -0.119. The quantitative estimate of drug-likeness (QED) is 0.867. The molecule has 1 aliphatic rings. The molecule has 2 aromatic carbocycles. The highest BCUT2D eigenvalue weighted by molar-refractivity contribution is 6.01. The molecule has 3 amide bonds. The molecular formula is C20H23N3O3. The third-order valence-electron chi connectivity index (χ3n) is 4.41. The Hall–Kier alpha value is -3.02. The number of carbonyl (C=O) groups is 2. The fourth-order valence-electron chi connectivity index (χ4n) is 3.03. The van der Waals surface area contributed by atoms with Crippen LogP contribution < -0.4 is 20.3 Å². The molecule has 3 rings (SSSR count). The highest BCUT2D eigenvalue weighted by Gasteiger charge is 2.21. The summed E-state index contributed by atoms with van der Waals surface area (Å²) in [6.07, 6.45) is 2.52. The smallest absolute Gasteiger partial charge is 0.323 e. The lowest BCUT2D eigenvalue weighted by Gasteiger charge is -2.28. The van der Waals surface area contributed by atoms with Crippen molar-refractivity contribution in [1.29, 1.82) is 0 Å². The number of urea groups is 1. The molecule has 6 heteroatoms. The van der Waals surface area contributed by atoms with Crippen LogP contribution in [-0.4, -0.2) is 25.6 Å². The van der Waals surface area contributed by atoms with Crippen molar-refractivity contribution >= 4 is 29.0 Å². The summed E-state index contributed by atoms with van der Waals surface area (Å²) in [5.74, 6) is 0.807. The molecule has 0 saturated carbocycles. The van der Waals surface area contributed by atoms with Gasteiger partial charge in [0.15, 0.2) is 0 Å². The van der Waals surface area contributed by atoms with E-state index in [0.29, 0.717) is 23.5 Å². The third kappa shape index (κ3) is 4.14. The molecule has 6 nitrogen and oxygen atoms in total. The number of nitrogens with zero attached hydrogens (tertiary/aromatic N) is 1. The number of benzene rings is 2. The van der Waals surface area contributed by atoms with Gasteiger partial charge < -0.3 is 20.3 Å². The van der Waals surface area contributed by atoms with Crippen LogP contribution in [-0.2, 0) is 4.79 Å². The summed E-state index contributed by atoms with van der Waals surface area (Å²) in [4.78, 5) is 26.3. The molecule has 0 aromatic heterocycles. The molecule has 0 radical (unpaired) electrons. The fraction of sp³-hybridized carbons (Fsp3) is 0.300. The molecule has 26 heavy (non-hydrogen) atoms. The lowest BCUT2D eigenvalue weighted by Crippen LogP contribution is -2.35. The first-order valence-electron chi connectivity index (χ1n) is 8.70. The minimum absolute atomic E-state index is 0.136. The predicted octanol–water partition coefficient (Wildman–Crippen LogP) is 4.16. The molecular weight excluding hydrogens is 330 g/mol. The molecule has 2 N–H and O–H groups in total. The van der Waals surface area contributed by atoms with E-state index in [1.165, 1.54) is 0 Å².